The number of hydrogen-bond donors (Lipinski definition) is 7. The predicted molar refractivity (Wildman–Crippen MR) is 204 cm³/mol. The number of ether oxygens (including phenoxy) is 4. The first kappa shape index (κ1) is 46.9. The Morgan fingerprint density at radius 1 is 1.05 bits per heavy atom. The van der Waals surface area contributed by atoms with E-state index in [2.05, 4.69) is 0 Å². The number of aliphatic hydroxyl groups is 5. The van der Waals surface area contributed by atoms with E-state index >= 15 is 0 Å². The molecule has 1 aromatic rings. The summed E-state index contributed by atoms with van der Waals surface area (Å²) in [7, 11) is 3.72. The zero-order valence-corrected chi connectivity index (χ0v) is 34.4. The van der Waals surface area contributed by atoms with Crippen LogP contribution in [0.2, 0.25) is 0 Å². The van der Waals surface area contributed by atoms with Gasteiger partial charge in [-0.3, -0.25) is 19.7 Å². The lowest BCUT2D eigenvalue weighted by molar-refractivity contribution is -0.300. The lowest BCUT2D eigenvalue weighted by Gasteiger charge is -2.47. The molecule has 55 heavy (non-hydrogen) atoms. The van der Waals surface area contributed by atoms with Crippen LogP contribution in [0, 0.1) is 17.8 Å². The first-order chi connectivity index (χ1) is 25.6. The van der Waals surface area contributed by atoms with Crippen LogP contribution in [-0.4, -0.2) is 146 Å². The maximum atomic E-state index is 13.5. The van der Waals surface area contributed by atoms with E-state index in [1.807, 2.05) is 62.0 Å². The number of likely N-dealkylation sites (N-methyl/N-ethyl adjacent to an activating group) is 2. The van der Waals surface area contributed by atoms with Crippen molar-refractivity contribution in [3.63, 3.8) is 0 Å². The second-order valence-corrected chi connectivity index (χ2v) is 16.7. The van der Waals surface area contributed by atoms with Gasteiger partial charge in [-0.2, -0.15) is 0 Å². The van der Waals surface area contributed by atoms with Gasteiger partial charge in [-0.1, -0.05) is 32.9 Å². The molecule has 2 aliphatic rings. The molecule has 0 bridgehead atoms. The molecule has 2 heterocycles. The van der Waals surface area contributed by atoms with Gasteiger partial charge in [0, 0.05) is 37.5 Å². The molecule has 1 amide bonds. The van der Waals surface area contributed by atoms with Crippen molar-refractivity contribution >= 4 is 11.9 Å². The number of rotatable bonds is 11. The predicted octanol–water partition coefficient (Wildman–Crippen LogP) is 2.21. The highest BCUT2D eigenvalue weighted by Gasteiger charge is 2.50. The van der Waals surface area contributed by atoms with Crippen LogP contribution < -0.4 is 10.2 Å². The highest BCUT2D eigenvalue weighted by molar-refractivity contribution is 5.74. The van der Waals surface area contributed by atoms with E-state index in [4.69, 9.17) is 24.2 Å². The molecule has 3 rings (SSSR count). The smallest absolute Gasteiger partial charge is 0.311 e. The first-order valence-corrected chi connectivity index (χ1v) is 19.7. The Kier molecular flexibility index (Phi) is 17.3. The summed E-state index contributed by atoms with van der Waals surface area (Å²) in [5.74, 6) is -2.70. The molecular weight excluding hydrogens is 714 g/mol. The summed E-state index contributed by atoms with van der Waals surface area (Å²) >= 11 is 0. The molecule has 0 spiro atoms. The van der Waals surface area contributed by atoms with Crippen molar-refractivity contribution in [1.82, 2.24) is 15.3 Å². The van der Waals surface area contributed by atoms with Crippen LogP contribution in [0.25, 0.3) is 0 Å². The Hall–Kier alpha value is -2.44. The molecule has 0 saturated carbocycles. The minimum atomic E-state index is -1.79. The highest BCUT2D eigenvalue weighted by Crippen LogP contribution is 2.37. The van der Waals surface area contributed by atoms with Gasteiger partial charge in [0.1, 0.15) is 29.7 Å². The molecule has 14 atom stereocenters. The summed E-state index contributed by atoms with van der Waals surface area (Å²) in [6, 6.07) is 6.56. The number of hydroxylamine groups is 1. The fourth-order valence-electron chi connectivity index (χ4n) is 8.24. The van der Waals surface area contributed by atoms with E-state index in [1.54, 1.807) is 33.2 Å². The van der Waals surface area contributed by atoms with Crippen molar-refractivity contribution in [2.24, 2.45) is 17.8 Å². The quantitative estimate of drug-likeness (QED) is 0.0743. The topological polar surface area (TPSA) is 211 Å². The Bertz CT molecular complexity index is 1350. The van der Waals surface area contributed by atoms with E-state index in [1.165, 1.54) is 13.8 Å². The number of carbonyl (C=O) groups is 2. The third kappa shape index (κ3) is 12.3. The monoisotopic (exact) mass is 783 g/mol. The van der Waals surface area contributed by atoms with Crippen LogP contribution in [0.3, 0.4) is 0 Å². The maximum absolute atomic E-state index is 13.5. The van der Waals surface area contributed by atoms with Gasteiger partial charge in [0.15, 0.2) is 6.29 Å². The summed E-state index contributed by atoms with van der Waals surface area (Å²) < 4.78 is 24.2. The Morgan fingerprint density at radius 2 is 1.69 bits per heavy atom. The van der Waals surface area contributed by atoms with Gasteiger partial charge < -0.3 is 49.4 Å². The summed E-state index contributed by atoms with van der Waals surface area (Å²) in [5, 5.41) is 67.1. The molecule has 0 aromatic heterocycles. The molecule has 0 unspecified atom stereocenters. The van der Waals surface area contributed by atoms with Crippen molar-refractivity contribution in [3.05, 3.63) is 29.8 Å². The molecule has 0 radical (unpaired) electrons. The maximum Gasteiger partial charge on any atom is 0.311 e. The summed E-state index contributed by atoms with van der Waals surface area (Å²) in [6.45, 7) is 14.9. The Labute approximate surface area is 326 Å². The molecular formula is C40H69N3O12. The minimum Gasteiger partial charge on any atom is -0.494 e. The molecule has 15 nitrogen and oxygen atoms in total. The van der Waals surface area contributed by atoms with Crippen LogP contribution in [0.5, 0.6) is 5.75 Å². The summed E-state index contributed by atoms with van der Waals surface area (Å²) in [6.07, 6.45) is -5.93. The van der Waals surface area contributed by atoms with Gasteiger partial charge in [0.05, 0.1) is 36.4 Å². The molecule has 7 N–H and O–H groups in total. The van der Waals surface area contributed by atoms with E-state index in [9.17, 15) is 35.1 Å². The summed E-state index contributed by atoms with van der Waals surface area (Å²) in [4.78, 5) is 28.6. The number of aliphatic hydroxyl groups excluding tert-OH is 3. The fourth-order valence-corrected chi connectivity index (χ4v) is 8.24. The van der Waals surface area contributed by atoms with Crippen LogP contribution >= 0.6 is 0 Å². The third-order valence-corrected chi connectivity index (χ3v) is 11.7. The second-order valence-electron chi connectivity index (χ2n) is 16.7. The molecule has 2 fully saturated rings. The van der Waals surface area contributed by atoms with E-state index in [-0.39, 0.29) is 31.3 Å². The number of benzene rings is 1. The van der Waals surface area contributed by atoms with Crippen LogP contribution in [0.1, 0.15) is 93.1 Å². The zero-order chi connectivity index (χ0) is 41.4. The average Bonchev–Trinajstić information content (AvgIpc) is 3.13. The third-order valence-electron chi connectivity index (χ3n) is 11.7. The molecule has 0 aliphatic carbocycles. The number of amides is 1. The van der Waals surface area contributed by atoms with E-state index in [0.717, 1.165) is 5.56 Å². The summed E-state index contributed by atoms with van der Waals surface area (Å²) in [5.41, 5.74) is -0.800. The molecule has 316 valence electrons. The largest absolute Gasteiger partial charge is 0.494 e. The molecule has 2 aliphatic heterocycles. The number of nitrogens with one attached hydrogen (secondary N) is 1. The van der Waals surface area contributed by atoms with Gasteiger partial charge >= 0.3 is 5.97 Å². The Balaban J connectivity index is 1.84. The highest BCUT2D eigenvalue weighted by atomic mass is 16.7. The Morgan fingerprint density at radius 3 is 2.29 bits per heavy atom. The average molecular weight is 784 g/mol. The van der Waals surface area contributed by atoms with Crippen LogP contribution in [-0.2, 0) is 30.3 Å². The first-order valence-electron chi connectivity index (χ1n) is 19.7. The number of carbonyl (C=O) groups excluding carboxylic acids is 2. The standard InChI is InChI=1S/C40H69N3O12/c1-11-31-40(8,50)35(47)27(6)42(9)21-23(2)20-39(7,49)36(25(4)33(45)26(5)37(48)54-31)55-38-34(46)30(19-24(3)53-38)43(10)22-28-14-16-29(17-15-28)52-18-12-13-32(44)41-51/h14-17,23-27,30-31,33-36,38,45-47,49-51H,11-13,18-22H2,1-10H3,(H,41,44)/t23-,24-,25+,26-,27-,30+,31-,33+,34+,35-,36-,38+,39-,40-/m1/s1. The molecule has 15 heteroatoms. The van der Waals surface area contributed by atoms with Crippen molar-refractivity contribution in [1.29, 1.82) is 0 Å². The lowest BCUT2D eigenvalue weighted by atomic mass is 9.78. The minimum absolute atomic E-state index is 0.147. The van der Waals surface area contributed by atoms with Crippen molar-refractivity contribution in [2.45, 2.75) is 160 Å². The number of hydrogen-bond acceptors (Lipinski definition) is 14. The van der Waals surface area contributed by atoms with E-state index < -0.39 is 83.8 Å². The van der Waals surface area contributed by atoms with Gasteiger partial charge in [0.25, 0.3) is 0 Å². The van der Waals surface area contributed by atoms with Gasteiger partial charge in [-0.05, 0) is 98.0 Å². The normalized spacial score (nSPS) is 38.8. The zero-order valence-electron chi connectivity index (χ0n) is 34.4. The van der Waals surface area contributed by atoms with E-state index in [0.29, 0.717) is 38.3 Å². The van der Waals surface area contributed by atoms with Crippen molar-refractivity contribution in [2.75, 3.05) is 27.2 Å². The number of esters is 1. The van der Waals surface area contributed by atoms with Crippen molar-refractivity contribution < 1.29 is 59.3 Å². The van der Waals surface area contributed by atoms with Crippen LogP contribution in [0.15, 0.2) is 24.3 Å². The number of nitrogens with zero attached hydrogens (tertiary/aromatic N) is 2. The van der Waals surface area contributed by atoms with Gasteiger partial charge in [-0.15, -0.1) is 0 Å². The number of cyclic esters (lactones) is 1. The molecule has 1 aromatic carbocycles. The van der Waals surface area contributed by atoms with Crippen molar-refractivity contribution in [3.8, 4) is 5.75 Å². The molecule has 2 saturated heterocycles. The van der Waals surface area contributed by atoms with Gasteiger partial charge in [-0.25, -0.2) is 5.48 Å². The van der Waals surface area contributed by atoms with Crippen LogP contribution in [0.4, 0.5) is 0 Å². The second kappa shape index (κ2) is 20.3. The fraction of sp³-hybridized carbons (Fsp3) is 0.800. The SMILES string of the molecule is CC[C@H]1OC(=O)[C@H](C)[C@@H](O)[C@H](C)[C@@H](O[C@@H]2O[C@H](C)C[C@H](N(C)Cc3ccc(OCCCC(=O)NO)cc3)[C@@H]2O)[C@](C)(O)C[C@@H](C)CN(C)[C@H](C)[C@@H](O)[C@]1(C)O. The lowest BCUT2D eigenvalue weighted by Crippen LogP contribution is -2.59. The van der Waals surface area contributed by atoms with Gasteiger partial charge in [0.2, 0.25) is 5.91 Å².